The molecule has 1 aromatic carbocycles. The number of benzene rings is 1. The molecule has 1 heterocycles. The third kappa shape index (κ3) is 4.11. The fourth-order valence-electron chi connectivity index (χ4n) is 2.69. The van der Waals surface area contributed by atoms with Crippen molar-refractivity contribution in [1.29, 1.82) is 0 Å². The van der Waals surface area contributed by atoms with Crippen molar-refractivity contribution in [3.05, 3.63) is 35.6 Å². The normalized spacial score (nSPS) is 23.0. The van der Waals surface area contributed by atoms with Crippen molar-refractivity contribution in [3.63, 3.8) is 0 Å². The number of rotatable bonds is 4. The predicted molar refractivity (Wildman–Crippen MR) is 86.4 cm³/mol. The maximum Gasteiger partial charge on any atom is 0.222 e. The van der Waals surface area contributed by atoms with Gasteiger partial charge < -0.3 is 10.6 Å². The second-order valence-electron chi connectivity index (χ2n) is 5.57. The summed E-state index contributed by atoms with van der Waals surface area (Å²) in [4.78, 5) is 12.2. The zero-order valence-electron chi connectivity index (χ0n) is 11.7. The van der Waals surface area contributed by atoms with Crippen molar-refractivity contribution in [2.75, 3.05) is 18.1 Å². The van der Waals surface area contributed by atoms with Crippen LogP contribution in [0.3, 0.4) is 0 Å². The summed E-state index contributed by atoms with van der Waals surface area (Å²) in [5, 5.41) is 6.47. The summed E-state index contributed by atoms with van der Waals surface area (Å²) in [5.74, 6) is 1.92. The Morgan fingerprint density at radius 1 is 1.48 bits per heavy atom. The lowest BCUT2D eigenvalue weighted by Gasteiger charge is -2.24. The van der Waals surface area contributed by atoms with Gasteiger partial charge in [-0.1, -0.05) is 12.1 Å². The first-order valence-electron chi connectivity index (χ1n) is 7.06. The van der Waals surface area contributed by atoms with E-state index >= 15 is 0 Å². The molecule has 2 fully saturated rings. The van der Waals surface area contributed by atoms with Gasteiger partial charge in [0.25, 0.3) is 0 Å². The molecular formula is C15H20ClFN2OS. The second kappa shape index (κ2) is 6.99. The lowest BCUT2D eigenvalue weighted by atomic mass is 10.0. The van der Waals surface area contributed by atoms with E-state index in [0.717, 1.165) is 36.5 Å². The van der Waals surface area contributed by atoms with E-state index in [2.05, 4.69) is 10.6 Å². The Labute approximate surface area is 134 Å². The SMILES string of the molecule is Cl.O=C(CC1CSCCN1)NC1(c2cccc(F)c2)CC1. The van der Waals surface area contributed by atoms with Gasteiger partial charge in [-0.15, -0.1) is 12.4 Å². The van der Waals surface area contributed by atoms with E-state index in [4.69, 9.17) is 0 Å². The molecule has 0 aromatic heterocycles. The Morgan fingerprint density at radius 2 is 2.29 bits per heavy atom. The smallest absolute Gasteiger partial charge is 0.222 e. The summed E-state index contributed by atoms with van der Waals surface area (Å²) >= 11 is 1.88. The molecule has 3 nitrogen and oxygen atoms in total. The Hall–Kier alpha value is -0.780. The average Bonchev–Trinajstić information content (AvgIpc) is 3.20. The van der Waals surface area contributed by atoms with Gasteiger partial charge in [0.15, 0.2) is 0 Å². The number of nitrogens with one attached hydrogen (secondary N) is 2. The molecule has 1 unspecified atom stereocenters. The molecule has 21 heavy (non-hydrogen) atoms. The quantitative estimate of drug-likeness (QED) is 0.891. The topological polar surface area (TPSA) is 41.1 Å². The Bertz CT molecular complexity index is 504. The molecule has 116 valence electrons. The number of hydrogen-bond donors (Lipinski definition) is 2. The minimum absolute atomic E-state index is 0. The van der Waals surface area contributed by atoms with E-state index in [1.54, 1.807) is 6.07 Å². The van der Waals surface area contributed by atoms with Gasteiger partial charge in [0.2, 0.25) is 5.91 Å². The number of thioether (sulfide) groups is 1. The maximum atomic E-state index is 13.3. The lowest BCUT2D eigenvalue weighted by Crippen LogP contribution is -2.43. The first-order valence-corrected chi connectivity index (χ1v) is 8.22. The standard InChI is InChI=1S/C15H19FN2OS.ClH/c16-12-3-1-2-11(8-12)15(4-5-15)18-14(19)9-13-10-20-7-6-17-13;/h1-3,8,13,17H,4-7,9-10H2,(H,18,19);1H. The molecule has 0 radical (unpaired) electrons. The summed E-state index contributed by atoms with van der Waals surface area (Å²) in [6, 6.07) is 6.82. The van der Waals surface area contributed by atoms with Gasteiger partial charge in [-0.25, -0.2) is 4.39 Å². The zero-order valence-corrected chi connectivity index (χ0v) is 13.4. The van der Waals surface area contributed by atoms with Crippen LogP contribution in [0.2, 0.25) is 0 Å². The van der Waals surface area contributed by atoms with Gasteiger partial charge in [0.1, 0.15) is 5.82 Å². The summed E-state index contributed by atoms with van der Waals surface area (Å²) in [6.45, 7) is 0.970. The van der Waals surface area contributed by atoms with Crippen LogP contribution in [-0.4, -0.2) is 30.0 Å². The molecule has 1 saturated heterocycles. The third-order valence-electron chi connectivity index (χ3n) is 3.94. The first kappa shape index (κ1) is 16.6. The molecule has 6 heteroatoms. The van der Waals surface area contributed by atoms with Crippen molar-refractivity contribution >= 4 is 30.1 Å². The van der Waals surface area contributed by atoms with Crippen LogP contribution in [-0.2, 0) is 10.3 Å². The van der Waals surface area contributed by atoms with Crippen molar-refractivity contribution in [3.8, 4) is 0 Å². The highest BCUT2D eigenvalue weighted by Crippen LogP contribution is 2.45. The highest BCUT2D eigenvalue weighted by Gasteiger charge is 2.45. The molecule has 1 amide bonds. The molecule has 2 aliphatic rings. The molecule has 1 atom stereocenters. The van der Waals surface area contributed by atoms with E-state index in [0.29, 0.717) is 6.42 Å². The minimum Gasteiger partial charge on any atom is -0.347 e. The molecule has 2 N–H and O–H groups in total. The van der Waals surface area contributed by atoms with E-state index in [-0.39, 0.29) is 35.7 Å². The summed E-state index contributed by atoms with van der Waals surface area (Å²) < 4.78 is 13.3. The van der Waals surface area contributed by atoms with Crippen LogP contribution in [0.4, 0.5) is 4.39 Å². The highest BCUT2D eigenvalue weighted by atomic mass is 35.5. The Kier molecular flexibility index (Phi) is 5.52. The monoisotopic (exact) mass is 330 g/mol. The van der Waals surface area contributed by atoms with Gasteiger partial charge in [-0.3, -0.25) is 4.79 Å². The van der Waals surface area contributed by atoms with Gasteiger partial charge in [0, 0.05) is 30.5 Å². The zero-order chi connectivity index (χ0) is 14.0. The van der Waals surface area contributed by atoms with Gasteiger partial charge in [-0.2, -0.15) is 11.8 Å². The van der Waals surface area contributed by atoms with Gasteiger partial charge >= 0.3 is 0 Å². The number of halogens is 2. The van der Waals surface area contributed by atoms with E-state index < -0.39 is 0 Å². The number of carbonyl (C=O) groups excluding carboxylic acids is 1. The van der Waals surface area contributed by atoms with E-state index in [1.165, 1.54) is 12.1 Å². The Balaban J connectivity index is 0.00000161. The van der Waals surface area contributed by atoms with Crippen LogP contribution < -0.4 is 10.6 Å². The largest absolute Gasteiger partial charge is 0.347 e. The second-order valence-corrected chi connectivity index (χ2v) is 6.72. The number of amides is 1. The van der Waals surface area contributed by atoms with Crippen LogP contribution in [0.5, 0.6) is 0 Å². The van der Waals surface area contributed by atoms with Crippen molar-refractivity contribution in [2.24, 2.45) is 0 Å². The molecule has 3 rings (SSSR count). The van der Waals surface area contributed by atoms with Crippen molar-refractivity contribution < 1.29 is 9.18 Å². The van der Waals surface area contributed by atoms with Crippen molar-refractivity contribution in [1.82, 2.24) is 10.6 Å². The highest BCUT2D eigenvalue weighted by molar-refractivity contribution is 7.99. The molecule has 0 bridgehead atoms. The Morgan fingerprint density at radius 3 is 2.90 bits per heavy atom. The number of carbonyl (C=O) groups is 1. The lowest BCUT2D eigenvalue weighted by molar-refractivity contribution is -0.122. The predicted octanol–water partition coefficient (Wildman–Crippen LogP) is 2.45. The van der Waals surface area contributed by atoms with Crippen molar-refractivity contribution in [2.45, 2.75) is 30.8 Å². The van der Waals surface area contributed by atoms with E-state index in [1.807, 2.05) is 17.8 Å². The summed E-state index contributed by atoms with van der Waals surface area (Å²) in [5.41, 5.74) is 0.567. The maximum absolute atomic E-state index is 13.3. The fraction of sp³-hybridized carbons (Fsp3) is 0.533. The molecule has 1 saturated carbocycles. The fourth-order valence-corrected chi connectivity index (χ4v) is 3.64. The van der Waals surface area contributed by atoms with Crippen LogP contribution in [0, 0.1) is 5.82 Å². The molecule has 1 aliphatic carbocycles. The van der Waals surface area contributed by atoms with E-state index in [9.17, 15) is 9.18 Å². The molecule has 0 spiro atoms. The summed E-state index contributed by atoms with van der Waals surface area (Å²) in [7, 11) is 0. The van der Waals surface area contributed by atoms with Crippen LogP contribution in [0.15, 0.2) is 24.3 Å². The third-order valence-corrected chi connectivity index (χ3v) is 5.07. The molecule has 1 aliphatic heterocycles. The number of hydrogen-bond acceptors (Lipinski definition) is 3. The molecular weight excluding hydrogens is 311 g/mol. The average molecular weight is 331 g/mol. The minimum atomic E-state index is -0.318. The van der Waals surface area contributed by atoms with Crippen LogP contribution in [0.1, 0.15) is 24.8 Å². The van der Waals surface area contributed by atoms with Crippen LogP contribution >= 0.6 is 24.2 Å². The van der Waals surface area contributed by atoms with Gasteiger partial charge in [0.05, 0.1) is 5.54 Å². The first-order chi connectivity index (χ1) is 9.68. The van der Waals surface area contributed by atoms with Crippen LogP contribution in [0.25, 0.3) is 0 Å². The summed E-state index contributed by atoms with van der Waals surface area (Å²) in [6.07, 6.45) is 2.30. The van der Waals surface area contributed by atoms with Gasteiger partial charge in [-0.05, 0) is 30.5 Å². The molecule has 1 aromatic rings.